The van der Waals surface area contributed by atoms with Crippen molar-refractivity contribution in [2.45, 2.75) is 57.8 Å². The number of pyridine rings is 1. The molecule has 7 nitrogen and oxygen atoms in total. The van der Waals surface area contributed by atoms with Gasteiger partial charge in [-0.25, -0.2) is 9.07 Å². The Hall–Kier alpha value is -2.71. The molecule has 0 amide bonds. The van der Waals surface area contributed by atoms with Gasteiger partial charge in [0.1, 0.15) is 5.82 Å². The molecule has 0 radical (unpaired) electrons. The van der Waals surface area contributed by atoms with Gasteiger partial charge in [0, 0.05) is 32.1 Å². The fourth-order valence-electron chi connectivity index (χ4n) is 4.05. The highest BCUT2D eigenvalue weighted by atomic mass is 19.1. The summed E-state index contributed by atoms with van der Waals surface area (Å²) in [6.07, 6.45) is 5.86. The Bertz CT molecular complexity index is 964. The minimum Gasteiger partial charge on any atom is -0.377 e. The summed E-state index contributed by atoms with van der Waals surface area (Å²) >= 11 is 0. The average Bonchev–Trinajstić information content (AvgIpc) is 3.42. The van der Waals surface area contributed by atoms with Crippen LogP contribution in [0, 0.1) is 5.82 Å². The largest absolute Gasteiger partial charge is 0.377 e. The molecule has 1 saturated heterocycles. The Labute approximate surface area is 182 Å². The second kappa shape index (κ2) is 9.20. The number of hydrogen-bond acceptors (Lipinski definition) is 6. The van der Waals surface area contributed by atoms with Crippen molar-refractivity contribution >= 4 is 0 Å². The van der Waals surface area contributed by atoms with Crippen molar-refractivity contribution < 1.29 is 9.13 Å². The predicted molar refractivity (Wildman–Crippen MR) is 115 cm³/mol. The van der Waals surface area contributed by atoms with E-state index in [4.69, 9.17) is 4.74 Å². The summed E-state index contributed by atoms with van der Waals surface area (Å²) in [7, 11) is 0. The van der Waals surface area contributed by atoms with Gasteiger partial charge in [-0.15, -0.1) is 5.10 Å². The zero-order chi connectivity index (χ0) is 21.8. The average molecular weight is 425 g/mol. The van der Waals surface area contributed by atoms with E-state index in [2.05, 4.69) is 52.2 Å². The maximum Gasteiger partial charge on any atom is 0.173 e. The highest BCUT2D eigenvalue weighted by Crippen LogP contribution is 2.32. The summed E-state index contributed by atoms with van der Waals surface area (Å²) in [5, 5.41) is 12.7. The zero-order valence-corrected chi connectivity index (χ0v) is 18.3. The van der Waals surface area contributed by atoms with Crippen LogP contribution in [-0.4, -0.2) is 49.3 Å². The number of aromatic nitrogens is 5. The lowest BCUT2D eigenvalue weighted by Gasteiger charge is -2.34. The fourth-order valence-corrected chi connectivity index (χ4v) is 4.05. The van der Waals surface area contributed by atoms with Crippen molar-refractivity contribution in [1.82, 2.24) is 30.1 Å². The van der Waals surface area contributed by atoms with Crippen LogP contribution in [0.25, 0.3) is 0 Å². The molecule has 1 aliphatic heterocycles. The van der Waals surface area contributed by atoms with E-state index in [0.29, 0.717) is 13.1 Å². The van der Waals surface area contributed by atoms with Gasteiger partial charge in [-0.2, -0.15) is 0 Å². The van der Waals surface area contributed by atoms with E-state index >= 15 is 0 Å². The van der Waals surface area contributed by atoms with E-state index in [-0.39, 0.29) is 23.5 Å². The molecule has 2 aromatic heterocycles. The maximum absolute atomic E-state index is 13.7. The van der Waals surface area contributed by atoms with Crippen LogP contribution in [0.15, 0.2) is 48.8 Å². The topological polar surface area (TPSA) is 69.0 Å². The minimum atomic E-state index is -0.305. The number of benzene rings is 1. The lowest BCUT2D eigenvalue weighted by Crippen LogP contribution is -2.39. The van der Waals surface area contributed by atoms with Gasteiger partial charge in [-0.05, 0) is 73.4 Å². The summed E-state index contributed by atoms with van der Waals surface area (Å²) in [4.78, 5) is 6.59. The molecular formula is C23H29FN6O. The zero-order valence-electron chi connectivity index (χ0n) is 18.3. The third-order valence-electron chi connectivity index (χ3n) is 5.50. The molecule has 1 fully saturated rings. The van der Waals surface area contributed by atoms with Gasteiger partial charge in [0.15, 0.2) is 5.82 Å². The van der Waals surface area contributed by atoms with Gasteiger partial charge in [0.2, 0.25) is 0 Å². The summed E-state index contributed by atoms with van der Waals surface area (Å²) in [5.74, 6) is 0.455. The van der Waals surface area contributed by atoms with Crippen LogP contribution >= 0.6 is 0 Å². The molecule has 0 unspecified atom stereocenters. The first-order valence-electron chi connectivity index (χ1n) is 10.7. The summed E-state index contributed by atoms with van der Waals surface area (Å²) in [6.45, 7) is 8.35. The van der Waals surface area contributed by atoms with E-state index in [1.54, 1.807) is 6.20 Å². The summed E-state index contributed by atoms with van der Waals surface area (Å²) in [6, 6.07) is 10.3. The molecule has 4 rings (SSSR count). The van der Waals surface area contributed by atoms with Crippen LogP contribution < -0.4 is 0 Å². The monoisotopic (exact) mass is 424 g/mol. The van der Waals surface area contributed by atoms with Crippen molar-refractivity contribution in [2.24, 2.45) is 0 Å². The maximum atomic E-state index is 13.7. The smallest absolute Gasteiger partial charge is 0.173 e. The normalized spacial score (nSPS) is 17.9. The number of ether oxygens (including phenoxy) is 1. The molecule has 0 aliphatic carbocycles. The third kappa shape index (κ3) is 5.14. The number of halogens is 1. The molecule has 0 spiro atoms. The van der Waals surface area contributed by atoms with E-state index < -0.39 is 0 Å². The Morgan fingerprint density at radius 1 is 1.23 bits per heavy atom. The first-order valence-corrected chi connectivity index (χ1v) is 10.7. The Kier molecular flexibility index (Phi) is 6.38. The highest BCUT2D eigenvalue weighted by Gasteiger charge is 2.33. The lowest BCUT2D eigenvalue weighted by molar-refractivity contribution is 0.0566. The standard InChI is InChI=1S/C23H29FN6O/c1-23(2,3)30-22(26-27-28-30)21(18-8-10-19(24)11-9-18)29(16-20-7-5-13-31-20)15-17-6-4-12-25-14-17/h4,6,8-12,14,20-21H,5,7,13,15-16H2,1-3H3/t20-,21+/m0/s1. The lowest BCUT2D eigenvalue weighted by atomic mass is 10.0. The molecule has 3 heterocycles. The van der Waals surface area contributed by atoms with Crippen molar-refractivity contribution in [2.75, 3.05) is 13.2 Å². The van der Waals surface area contributed by atoms with Crippen molar-refractivity contribution in [1.29, 1.82) is 0 Å². The van der Waals surface area contributed by atoms with Crippen LogP contribution in [0.5, 0.6) is 0 Å². The number of nitrogens with zero attached hydrogens (tertiary/aromatic N) is 6. The third-order valence-corrected chi connectivity index (χ3v) is 5.50. The fraction of sp³-hybridized carbons (Fsp3) is 0.478. The first kappa shape index (κ1) is 21.5. The molecule has 164 valence electrons. The number of rotatable bonds is 7. The van der Waals surface area contributed by atoms with Crippen molar-refractivity contribution in [3.8, 4) is 0 Å². The van der Waals surface area contributed by atoms with E-state index in [1.807, 2.05) is 29.1 Å². The van der Waals surface area contributed by atoms with Crippen LogP contribution in [0.3, 0.4) is 0 Å². The number of tetrazole rings is 1. The molecule has 3 aromatic rings. The van der Waals surface area contributed by atoms with Crippen molar-refractivity contribution in [3.63, 3.8) is 0 Å². The van der Waals surface area contributed by atoms with Crippen LogP contribution in [0.1, 0.15) is 56.6 Å². The minimum absolute atomic E-state index is 0.138. The Morgan fingerprint density at radius 3 is 2.68 bits per heavy atom. The molecule has 0 saturated carbocycles. The second-order valence-electron chi connectivity index (χ2n) is 9.00. The van der Waals surface area contributed by atoms with Gasteiger partial charge in [0.05, 0.1) is 17.7 Å². The Morgan fingerprint density at radius 2 is 2.03 bits per heavy atom. The van der Waals surface area contributed by atoms with Gasteiger partial charge < -0.3 is 4.74 Å². The van der Waals surface area contributed by atoms with Crippen LogP contribution in [0.4, 0.5) is 4.39 Å². The van der Waals surface area contributed by atoms with E-state index in [9.17, 15) is 4.39 Å². The molecule has 2 atom stereocenters. The SMILES string of the molecule is CC(C)(C)n1nnnc1[C@@H](c1ccc(F)cc1)N(Cc1cccnc1)C[C@@H]1CCCO1. The van der Waals surface area contributed by atoms with Gasteiger partial charge in [-0.1, -0.05) is 18.2 Å². The molecule has 8 heteroatoms. The van der Waals surface area contributed by atoms with Gasteiger partial charge in [-0.3, -0.25) is 9.88 Å². The van der Waals surface area contributed by atoms with Crippen LogP contribution in [-0.2, 0) is 16.8 Å². The molecule has 0 bridgehead atoms. The van der Waals surface area contributed by atoms with Crippen molar-refractivity contribution in [3.05, 3.63) is 71.6 Å². The number of hydrogen-bond donors (Lipinski definition) is 0. The molecule has 1 aliphatic rings. The molecule has 0 N–H and O–H groups in total. The summed E-state index contributed by atoms with van der Waals surface area (Å²) < 4.78 is 21.6. The highest BCUT2D eigenvalue weighted by molar-refractivity contribution is 5.26. The Balaban J connectivity index is 1.79. The molecule has 1 aromatic carbocycles. The predicted octanol–water partition coefficient (Wildman–Crippen LogP) is 3.73. The molecule has 31 heavy (non-hydrogen) atoms. The van der Waals surface area contributed by atoms with Gasteiger partial charge in [0.25, 0.3) is 0 Å². The molecular weight excluding hydrogens is 395 g/mol. The van der Waals surface area contributed by atoms with Crippen LogP contribution in [0.2, 0.25) is 0 Å². The summed E-state index contributed by atoms with van der Waals surface area (Å²) in [5.41, 5.74) is 1.71. The second-order valence-corrected chi connectivity index (χ2v) is 9.00. The first-order chi connectivity index (χ1) is 14.9. The van der Waals surface area contributed by atoms with E-state index in [1.165, 1.54) is 12.1 Å². The van der Waals surface area contributed by atoms with Gasteiger partial charge >= 0.3 is 0 Å². The quantitative estimate of drug-likeness (QED) is 0.576. The van der Waals surface area contributed by atoms with E-state index in [0.717, 1.165) is 36.4 Å².